The van der Waals surface area contributed by atoms with Crippen LogP contribution in [0.5, 0.6) is 0 Å². The minimum Gasteiger partial charge on any atom is -0.480 e. The van der Waals surface area contributed by atoms with Gasteiger partial charge < -0.3 is 20.1 Å². The minimum absolute atomic E-state index is 0. The average molecular weight is 529 g/mol. The van der Waals surface area contributed by atoms with Crippen LogP contribution in [0, 0.1) is 5.92 Å². The Kier molecular flexibility index (Phi) is 14.4. The van der Waals surface area contributed by atoms with E-state index in [-0.39, 0.29) is 68.8 Å². The van der Waals surface area contributed by atoms with E-state index < -0.39 is 24.1 Å². The molecule has 1 aliphatic rings. The van der Waals surface area contributed by atoms with Gasteiger partial charge in [0.15, 0.2) is 0 Å². The first-order valence-electron chi connectivity index (χ1n) is 6.69. The van der Waals surface area contributed by atoms with Crippen LogP contribution in [0.15, 0.2) is 0 Å². The third kappa shape index (κ3) is 6.96. The third-order valence-corrected chi connectivity index (χ3v) is 3.60. The maximum atomic E-state index is 12.6. The molecule has 1 heterocycles. The van der Waals surface area contributed by atoms with Crippen LogP contribution in [0.4, 0.5) is 4.79 Å². The van der Waals surface area contributed by atoms with Gasteiger partial charge in [-0.3, -0.25) is 4.79 Å². The Morgan fingerprint density at radius 3 is 2.09 bits per heavy atom. The fraction of sp³-hybridized carbons (Fsp3) is 0.769. The van der Waals surface area contributed by atoms with Crippen molar-refractivity contribution >= 4 is 68.9 Å². The second kappa shape index (κ2) is 12.1. The molecule has 138 valence electrons. The molecule has 0 bridgehead atoms. The van der Waals surface area contributed by atoms with Gasteiger partial charge >= 0.3 is 12.1 Å². The summed E-state index contributed by atoms with van der Waals surface area (Å²) >= 11 is 0. The highest BCUT2D eigenvalue weighted by atomic mass is 79.9. The highest BCUT2D eigenvalue weighted by Gasteiger charge is 2.42. The van der Waals surface area contributed by atoms with E-state index in [0.29, 0.717) is 12.8 Å². The van der Waals surface area contributed by atoms with Crippen LogP contribution in [-0.2, 0) is 14.3 Å². The maximum absolute atomic E-state index is 12.6. The number of amides is 2. The van der Waals surface area contributed by atoms with E-state index in [1.165, 1.54) is 12.0 Å². The van der Waals surface area contributed by atoms with Crippen LogP contribution in [0.25, 0.3) is 0 Å². The second-order valence-corrected chi connectivity index (χ2v) is 5.38. The molecule has 3 atom stereocenters. The second-order valence-electron chi connectivity index (χ2n) is 5.38. The molecular weight excluding hydrogens is 504 g/mol. The number of likely N-dealkylation sites (tertiary alicyclic amines) is 1. The van der Waals surface area contributed by atoms with Crippen molar-refractivity contribution in [3.63, 3.8) is 0 Å². The lowest BCUT2D eigenvalue weighted by Crippen LogP contribution is -2.55. The van der Waals surface area contributed by atoms with Crippen molar-refractivity contribution in [3.05, 3.63) is 0 Å². The normalized spacial score (nSPS) is 20.5. The number of carbonyl (C=O) groups is 3. The van der Waals surface area contributed by atoms with Gasteiger partial charge in [-0.2, -0.15) is 0 Å². The first-order valence-corrected chi connectivity index (χ1v) is 6.69. The molecule has 0 spiro atoms. The van der Waals surface area contributed by atoms with Gasteiger partial charge in [-0.1, -0.05) is 13.8 Å². The van der Waals surface area contributed by atoms with Crippen LogP contribution in [-0.4, -0.2) is 53.2 Å². The number of nitrogens with one attached hydrogen (secondary N) is 1. The molecule has 1 rings (SSSR count). The predicted octanol–water partition coefficient (Wildman–Crippen LogP) is 2.56. The Hall–Kier alpha value is -0.350. The average Bonchev–Trinajstić information content (AvgIpc) is 2.76. The Morgan fingerprint density at radius 2 is 1.70 bits per heavy atom. The molecule has 2 amide bonds. The molecule has 0 aliphatic carbocycles. The molecule has 1 saturated heterocycles. The smallest absolute Gasteiger partial charge is 0.407 e. The summed E-state index contributed by atoms with van der Waals surface area (Å²) in [5.74, 6) is -1.55. The highest BCUT2D eigenvalue weighted by molar-refractivity contribution is 8.93. The number of hydrogen-bond donors (Lipinski definition) is 2. The maximum Gasteiger partial charge on any atom is 0.407 e. The van der Waals surface area contributed by atoms with Gasteiger partial charge in [0.2, 0.25) is 5.91 Å². The van der Waals surface area contributed by atoms with Gasteiger partial charge in [-0.25, -0.2) is 9.59 Å². The van der Waals surface area contributed by atoms with E-state index in [9.17, 15) is 19.5 Å². The molecular formula is C13H25Br3N2O5. The number of nitrogens with zero attached hydrogens (tertiary/aromatic N) is 1. The van der Waals surface area contributed by atoms with E-state index in [1.807, 2.05) is 6.92 Å². The minimum atomic E-state index is -1.01. The van der Waals surface area contributed by atoms with Crippen LogP contribution in [0.3, 0.4) is 0 Å². The lowest BCUT2D eigenvalue weighted by molar-refractivity contribution is -0.150. The van der Waals surface area contributed by atoms with Crippen LogP contribution in [0.2, 0.25) is 0 Å². The predicted molar refractivity (Wildman–Crippen MR) is 102 cm³/mol. The molecule has 7 nitrogen and oxygen atoms in total. The Labute approximate surface area is 167 Å². The van der Waals surface area contributed by atoms with Gasteiger partial charge in [-0.15, -0.1) is 50.9 Å². The zero-order chi connectivity index (χ0) is 15.4. The van der Waals surface area contributed by atoms with Crippen molar-refractivity contribution in [1.29, 1.82) is 0 Å². The monoisotopic (exact) mass is 526 g/mol. The van der Waals surface area contributed by atoms with Gasteiger partial charge in [0.1, 0.15) is 12.1 Å². The van der Waals surface area contributed by atoms with Gasteiger partial charge in [-0.05, 0) is 25.7 Å². The Morgan fingerprint density at radius 1 is 1.17 bits per heavy atom. The molecule has 1 fully saturated rings. The van der Waals surface area contributed by atoms with E-state index >= 15 is 0 Å². The molecule has 0 unspecified atom stereocenters. The summed E-state index contributed by atoms with van der Waals surface area (Å²) in [6, 6.07) is -1.76. The van der Waals surface area contributed by atoms with Crippen molar-refractivity contribution in [3.8, 4) is 0 Å². The number of carbonyl (C=O) groups excluding carboxylic acids is 2. The zero-order valence-electron chi connectivity index (χ0n) is 13.5. The molecule has 23 heavy (non-hydrogen) atoms. The molecule has 0 aromatic heterocycles. The topological polar surface area (TPSA) is 95.9 Å². The standard InChI is InChI=1S/C13H22N2O5.3BrH/c1-7(2)10(14-13(19)20-4)11(16)15-8(3)5-6-9(15)12(17)18;;;/h7-10H,5-6H2,1-4H3,(H,14,19)(H,17,18);3*1H/t8-,9-,10-;;;/m0.../s1. The van der Waals surface area contributed by atoms with Crippen molar-refractivity contribution in [2.45, 2.75) is 51.7 Å². The summed E-state index contributed by atoms with van der Waals surface area (Å²) in [5, 5.41) is 11.7. The van der Waals surface area contributed by atoms with Gasteiger partial charge in [0, 0.05) is 6.04 Å². The molecule has 0 aromatic rings. The number of alkyl carbamates (subject to hydrolysis) is 1. The highest BCUT2D eigenvalue weighted by Crippen LogP contribution is 2.26. The molecule has 1 aliphatic heterocycles. The Bertz CT molecular complexity index is 409. The number of carboxylic acid groups (broad SMARTS) is 1. The fourth-order valence-electron chi connectivity index (χ4n) is 2.46. The summed E-state index contributed by atoms with van der Waals surface area (Å²) in [6.45, 7) is 5.39. The SMILES string of the molecule is Br.Br.Br.COC(=O)N[C@H](C(=O)N1[C@@H](C)CC[C@H]1C(=O)O)C(C)C. The van der Waals surface area contributed by atoms with Crippen LogP contribution >= 0.6 is 50.9 Å². The zero-order valence-corrected chi connectivity index (χ0v) is 18.6. The number of carboxylic acids is 1. The third-order valence-electron chi connectivity index (χ3n) is 3.60. The number of methoxy groups -OCH3 is 1. The van der Waals surface area contributed by atoms with Crippen LogP contribution in [0.1, 0.15) is 33.6 Å². The van der Waals surface area contributed by atoms with E-state index in [4.69, 9.17) is 0 Å². The molecule has 0 saturated carbocycles. The van der Waals surface area contributed by atoms with Crippen molar-refractivity contribution in [1.82, 2.24) is 10.2 Å². The molecule has 0 radical (unpaired) electrons. The van der Waals surface area contributed by atoms with Crippen LogP contribution < -0.4 is 5.32 Å². The fourth-order valence-corrected chi connectivity index (χ4v) is 2.46. The number of rotatable bonds is 4. The molecule has 2 N–H and O–H groups in total. The lowest BCUT2D eigenvalue weighted by atomic mass is 10.0. The van der Waals surface area contributed by atoms with Crippen molar-refractivity contribution in [2.24, 2.45) is 5.92 Å². The van der Waals surface area contributed by atoms with Crippen molar-refractivity contribution < 1.29 is 24.2 Å². The summed E-state index contributed by atoms with van der Waals surface area (Å²) in [4.78, 5) is 36.5. The number of halogens is 3. The van der Waals surface area contributed by atoms with E-state index in [0.717, 1.165) is 0 Å². The van der Waals surface area contributed by atoms with E-state index in [2.05, 4.69) is 10.1 Å². The lowest BCUT2D eigenvalue weighted by Gasteiger charge is -2.31. The number of hydrogen-bond acceptors (Lipinski definition) is 4. The summed E-state index contributed by atoms with van der Waals surface area (Å²) in [6.07, 6.45) is 0.382. The summed E-state index contributed by atoms with van der Waals surface area (Å²) < 4.78 is 4.51. The quantitative estimate of drug-likeness (QED) is 0.584. The number of ether oxygens (including phenoxy) is 1. The molecule has 0 aromatic carbocycles. The first-order chi connectivity index (χ1) is 9.29. The van der Waals surface area contributed by atoms with Gasteiger partial charge in [0.05, 0.1) is 7.11 Å². The van der Waals surface area contributed by atoms with Crippen molar-refractivity contribution in [2.75, 3.05) is 7.11 Å². The summed E-state index contributed by atoms with van der Waals surface area (Å²) in [5.41, 5.74) is 0. The van der Waals surface area contributed by atoms with E-state index in [1.54, 1.807) is 13.8 Å². The number of aliphatic carboxylic acids is 1. The summed E-state index contributed by atoms with van der Waals surface area (Å²) in [7, 11) is 1.22. The van der Waals surface area contributed by atoms with Gasteiger partial charge in [0.25, 0.3) is 0 Å². The Balaban J connectivity index is -0.00000133. The first kappa shape index (κ1) is 27.5. The molecule has 10 heteroatoms. The largest absolute Gasteiger partial charge is 0.480 e.